The molecule has 3 aromatic rings. The van der Waals surface area contributed by atoms with Gasteiger partial charge in [0.05, 0.1) is 30.4 Å². The van der Waals surface area contributed by atoms with Gasteiger partial charge in [0.25, 0.3) is 0 Å². The van der Waals surface area contributed by atoms with Crippen LogP contribution in [0.25, 0.3) is 11.0 Å². The fourth-order valence-electron chi connectivity index (χ4n) is 4.06. The van der Waals surface area contributed by atoms with Crippen LogP contribution in [0.4, 0.5) is 0 Å². The highest BCUT2D eigenvalue weighted by Gasteiger charge is 2.29. The van der Waals surface area contributed by atoms with Crippen molar-refractivity contribution in [3.8, 4) is 5.75 Å². The van der Waals surface area contributed by atoms with Crippen LogP contribution in [0.15, 0.2) is 41.5 Å². The molecule has 1 aliphatic heterocycles. The summed E-state index contributed by atoms with van der Waals surface area (Å²) in [5, 5.41) is 14.6. The van der Waals surface area contributed by atoms with E-state index in [1.54, 1.807) is 17.9 Å². The minimum absolute atomic E-state index is 0.108. The third-order valence-corrected chi connectivity index (χ3v) is 5.56. The smallest absolute Gasteiger partial charge is 0.326 e. The van der Waals surface area contributed by atoms with E-state index in [2.05, 4.69) is 22.2 Å². The Morgan fingerprint density at radius 3 is 3.11 bits per heavy atom. The lowest BCUT2D eigenvalue weighted by atomic mass is 9.98. The van der Waals surface area contributed by atoms with Gasteiger partial charge >= 0.3 is 5.69 Å². The number of nitrogens with zero attached hydrogens (tertiary/aromatic N) is 2. The molecule has 3 heterocycles. The van der Waals surface area contributed by atoms with E-state index in [1.807, 2.05) is 30.5 Å². The molecular weight excluding hydrogens is 356 g/mol. The van der Waals surface area contributed by atoms with Crippen LogP contribution in [0.2, 0.25) is 0 Å². The van der Waals surface area contributed by atoms with Gasteiger partial charge in [-0.1, -0.05) is 12.1 Å². The second-order valence-electron chi connectivity index (χ2n) is 7.50. The number of hydrogen-bond acceptors (Lipinski definition) is 5. The molecule has 3 N–H and O–H groups in total. The molecule has 0 bridgehead atoms. The summed E-state index contributed by atoms with van der Waals surface area (Å²) >= 11 is 0. The van der Waals surface area contributed by atoms with Gasteiger partial charge < -0.3 is 20.1 Å². The second-order valence-corrected chi connectivity index (χ2v) is 7.50. The molecule has 1 aliphatic rings. The molecule has 0 saturated heterocycles. The SMILES string of the molecule is COc1cncc(CC[C@@H](C)N[C@@H]2CCn3c(=O)[nH]c4cccc(c43)[C@H]2O)c1. The summed E-state index contributed by atoms with van der Waals surface area (Å²) in [5.41, 5.74) is 3.41. The number of benzene rings is 1. The van der Waals surface area contributed by atoms with Crippen LogP contribution in [0.5, 0.6) is 5.75 Å². The highest BCUT2D eigenvalue weighted by molar-refractivity contribution is 5.79. The predicted octanol–water partition coefficient (Wildman–Crippen LogP) is 2.15. The number of aromatic amines is 1. The van der Waals surface area contributed by atoms with E-state index in [0.717, 1.165) is 40.8 Å². The number of pyridine rings is 1. The van der Waals surface area contributed by atoms with Gasteiger partial charge in [-0.15, -0.1) is 0 Å². The molecule has 2 aromatic heterocycles. The monoisotopic (exact) mass is 382 g/mol. The number of aliphatic hydroxyl groups excluding tert-OH is 1. The number of methoxy groups -OCH3 is 1. The predicted molar refractivity (Wildman–Crippen MR) is 108 cm³/mol. The van der Waals surface area contributed by atoms with Crippen LogP contribution in [-0.2, 0) is 13.0 Å². The van der Waals surface area contributed by atoms with Crippen LogP contribution in [-0.4, -0.2) is 38.8 Å². The summed E-state index contributed by atoms with van der Waals surface area (Å²) in [4.78, 5) is 19.3. The molecule has 0 saturated carbocycles. The molecule has 0 amide bonds. The van der Waals surface area contributed by atoms with Crippen LogP contribution in [0.3, 0.4) is 0 Å². The molecule has 0 radical (unpaired) electrons. The standard InChI is InChI=1S/C21H26N4O3/c1-13(6-7-14-10-15(28-2)12-22-11-14)23-18-8-9-25-19-16(20(18)26)4-3-5-17(19)24-21(25)27/h3-5,10-13,18,20,23,26H,6-9H2,1-2H3,(H,24,27)/t13-,18-,20-/m1/s1. The summed E-state index contributed by atoms with van der Waals surface area (Å²) < 4.78 is 6.97. The first kappa shape index (κ1) is 18.7. The number of H-pyrrole nitrogens is 1. The van der Waals surface area contributed by atoms with E-state index in [9.17, 15) is 9.90 Å². The van der Waals surface area contributed by atoms with Gasteiger partial charge in [0, 0.05) is 30.4 Å². The van der Waals surface area contributed by atoms with Crippen molar-refractivity contribution >= 4 is 11.0 Å². The number of imidazole rings is 1. The van der Waals surface area contributed by atoms with Crippen molar-refractivity contribution in [3.63, 3.8) is 0 Å². The molecule has 0 fully saturated rings. The number of ether oxygens (including phenoxy) is 1. The highest BCUT2D eigenvalue weighted by Crippen LogP contribution is 2.30. The lowest BCUT2D eigenvalue weighted by Gasteiger charge is -2.26. The Bertz CT molecular complexity index is 1030. The van der Waals surface area contributed by atoms with Crippen LogP contribution in [0.1, 0.15) is 37.0 Å². The minimum Gasteiger partial charge on any atom is -0.495 e. The normalized spacial score (nSPS) is 20.1. The summed E-state index contributed by atoms with van der Waals surface area (Å²) in [5.74, 6) is 0.762. The van der Waals surface area contributed by atoms with E-state index in [4.69, 9.17) is 4.74 Å². The third-order valence-electron chi connectivity index (χ3n) is 5.56. The Labute approximate surface area is 163 Å². The molecule has 3 atom stereocenters. The van der Waals surface area contributed by atoms with Gasteiger partial charge in [-0.3, -0.25) is 9.55 Å². The Balaban J connectivity index is 1.45. The maximum atomic E-state index is 12.2. The average Bonchev–Trinajstić information content (AvgIpc) is 2.96. The zero-order valence-electron chi connectivity index (χ0n) is 16.2. The summed E-state index contributed by atoms with van der Waals surface area (Å²) in [6.45, 7) is 2.70. The van der Waals surface area contributed by atoms with Crippen molar-refractivity contribution in [3.05, 3.63) is 58.3 Å². The fraction of sp³-hybridized carbons (Fsp3) is 0.429. The topological polar surface area (TPSA) is 92.2 Å². The van der Waals surface area contributed by atoms with E-state index >= 15 is 0 Å². The molecule has 7 heteroatoms. The number of nitrogens with one attached hydrogen (secondary N) is 2. The summed E-state index contributed by atoms with van der Waals surface area (Å²) in [6.07, 6.45) is 5.37. The van der Waals surface area contributed by atoms with E-state index < -0.39 is 6.10 Å². The van der Waals surface area contributed by atoms with E-state index in [0.29, 0.717) is 13.0 Å². The Hall–Kier alpha value is -2.64. The first-order valence-electron chi connectivity index (χ1n) is 9.70. The second kappa shape index (κ2) is 7.77. The van der Waals surface area contributed by atoms with Crippen LogP contribution >= 0.6 is 0 Å². The first-order valence-corrected chi connectivity index (χ1v) is 9.70. The molecule has 0 unspecified atom stereocenters. The number of hydrogen-bond donors (Lipinski definition) is 3. The first-order chi connectivity index (χ1) is 13.6. The van der Waals surface area contributed by atoms with Gasteiger partial charge in [0.15, 0.2) is 0 Å². The number of para-hydroxylation sites is 1. The maximum Gasteiger partial charge on any atom is 0.326 e. The van der Waals surface area contributed by atoms with Crippen molar-refractivity contribution < 1.29 is 9.84 Å². The average molecular weight is 382 g/mol. The molecule has 148 valence electrons. The number of aliphatic hydroxyl groups is 1. The lowest BCUT2D eigenvalue weighted by Crippen LogP contribution is -2.41. The molecular formula is C21H26N4O3. The van der Waals surface area contributed by atoms with E-state index in [1.165, 1.54) is 0 Å². The fourth-order valence-corrected chi connectivity index (χ4v) is 4.06. The van der Waals surface area contributed by atoms with E-state index in [-0.39, 0.29) is 17.8 Å². The van der Waals surface area contributed by atoms with Crippen LogP contribution < -0.4 is 15.7 Å². The van der Waals surface area contributed by atoms with Crippen molar-refractivity contribution in [1.82, 2.24) is 19.9 Å². The van der Waals surface area contributed by atoms with Crippen molar-refractivity contribution in [2.45, 2.75) is 50.9 Å². The Morgan fingerprint density at radius 1 is 1.43 bits per heavy atom. The quantitative estimate of drug-likeness (QED) is 0.608. The number of aryl methyl sites for hydroxylation is 2. The molecule has 0 spiro atoms. The van der Waals surface area contributed by atoms with Crippen LogP contribution in [0, 0.1) is 0 Å². The van der Waals surface area contributed by atoms with Gasteiger partial charge in [-0.05, 0) is 43.9 Å². The molecule has 0 aliphatic carbocycles. The molecule has 1 aromatic carbocycles. The zero-order valence-corrected chi connectivity index (χ0v) is 16.2. The molecule has 4 rings (SSSR count). The number of rotatable bonds is 6. The third kappa shape index (κ3) is 3.55. The van der Waals surface area contributed by atoms with Gasteiger partial charge in [0.1, 0.15) is 5.75 Å². The van der Waals surface area contributed by atoms with Crippen molar-refractivity contribution in [1.29, 1.82) is 0 Å². The Morgan fingerprint density at radius 2 is 2.29 bits per heavy atom. The van der Waals surface area contributed by atoms with Gasteiger partial charge in [-0.2, -0.15) is 0 Å². The largest absolute Gasteiger partial charge is 0.495 e. The van der Waals surface area contributed by atoms with Gasteiger partial charge in [-0.25, -0.2) is 4.79 Å². The molecule has 7 nitrogen and oxygen atoms in total. The highest BCUT2D eigenvalue weighted by atomic mass is 16.5. The van der Waals surface area contributed by atoms with Crippen molar-refractivity contribution in [2.75, 3.05) is 7.11 Å². The summed E-state index contributed by atoms with van der Waals surface area (Å²) in [7, 11) is 1.64. The van der Waals surface area contributed by atoms with Crippen molar-refractivity contribution in [2.24, 2.45) is 0 Å². The molecule has 28 heavy (non-hydrogen) atoms. The Kier molecular flexibility index (Phi) is 5.19. The maximum absolute atomic E-state index is 12.2. The number of aromatic nitrogens is 3. The minimum atomic E-state index is -0.659. The summed E-state index contributed by atoms with van der Waals surface area (Å²) in [6, 6.07) is 7.76. The zero-order chi connectivity index (χ0) is 19.7. The lowest BCUT2D eigenvalue weighted by molar-refractivity contribution is 0.119. The van der Waals surface area contributed by atoms with Gasteiger partial charge in [0.2, 0.25) is 0 Å².